The molecular formula is C25H44N4O2+2. The number of nitrogens with one attached hydrogen (secondary N) is 2. The molecular weight excluding hydrogens is 388 g/mol. The number of hydrogen-bond donors (Lipinski definition) is 3. The number of carbonyl (C=O) groups is 2. The number of aryl methyl sites for hydroxylation is 1. The average molecular weight is 433 g/mol. The topological polar surface area (TPSA) is 70.5 Å². The van der Waals surface area contributed by atoms with E-state index in [2.05, 4.69) is 55.7 Å². The molecule has 2 rings (SSSR count). The number of hydrogen-bond acceptors (Lipinski definition) is 2. The second-order valence-electron chi connectivity index (χ2n) is 10.3. The Morgan fingerprint density at radius 3 is 2.26 bits per heavy atom. The van der Waals surface area contributed by atoms with E-state index in [1.54, 1.807) is 0 Å². The van der Waals surface area contributed by atoms with Crippen LogP contribution in [-0.4, -0.2) is 61.5 Å². The maximum atomic E-state index is 12.8. The van der Waals surface area contributed by atoms with Crippen LogP contribution in [0.15, 0.2) is 24.3 Å². The minimum atomic E-state index is -0.201. The van der Waals surface area contributed by atoms with E-state index in [0.29, 0.717) is 19.0 Å². The van der Waals surface area contributed by atoms with Crippen molar-refractivity contribution >= 4 is 11.8 Å². The Morgan fingerprint density at radius 2 is 1.74 bits per heavy atom. The fraction of sp³-hybridized carbons (Fsp3) is 0.680. The van der Waals surface area contributed by atoms with E-state index in [0.717, 1.165) is 39.0 Å². The molecule has 1 atom stereocenters. The molecule has 1 aromatic carbocycles. The van der Waals surface area contributed by atoms with Crippen molar-refractivity contribution in [2.45, 2.75) is 66.0 Å². The number of nitrogens with zero attached hydrogens (tertiary/aromatic N) is 1. The molecule has 0 saturated carbocycles. The van der Waals surface area contributed by atoms with Crippen molar-refractivity contribution in [3.63, 3.8) is 0 Å². The smallest absolute Gasteiger partial charge is 0.278 e. The summed E-state index contributed by atoms with van der Waals surface area (Å²) in [5.74, 6) is 0.735. The van der Waals surface area contributed by atoms with Gasteiger partial charge in [-0.15, -0.1) is 0 Å². The molecule has 6 nitrogen and oxygen atoms in total. The van der Waals surface area contributed by atoms with Crippen LogP contribution in [-0.2, 0) is 16.0 Å². The zero-order valence-corrected chi connectivity index (χ0v) is 20.5. The number of nitrogens with two attached hydrogens (primary N) is 1. The Morgan fingerprint density at radius 1 is 1.13 bits per heavy atom. The Hall–Kier alpha value is -1.92. The number of amides is 2. The van der Waals surface area contributed by atoms with E-state index >= 15 is 0 Å². The Balaban J connectivity index is 1.81. The van der Waals surface area contributed by atoms with Crippen LogP contribution in [0.1, 0.15) is 65.1 Å². The zero-order chi connectivity index (χ0) is 23.0. The lowest BCUT2D eigenvalue weighted by Gasteiger charge is -2.32. The third-order valence-corrected chi connectivity index (χ3v) is 5.92. The number of benzene rings is 1. The Kier molecular flexibility index (Phi) is 9.51. The first-order valence-electron chi connectivity index (χ1n) is 11.9. The number of piperazine rings is 1. The SMILES string of the molecule is CCCc1ccc([C@@H]([NH2+]CC(=O)N2CC[NH+](CC(=O)NC(C)(C)C)CC2)C(C)C)cc1. The maximum absolute atomic E-state index is 12.8. The first-order valence-corrected chi connectivity index (χ1v) is 11.9. The molecule has 0 radical (unpaired) electrons. The molecule has 6 heteroatoms. The summed E-state index contributed by atoms with van der Waals surface area (Å²) in [6.07, 6.45) is 2.27. The highest BCUT2D eigenvalue weighted by atomic mass is 16.2. The van der Waals surface area contributed by atoms with Crippen LogP contribution in [0.25, 0.3) is 0 Å². The van der Waals surface area contributed by atoms with Gasteiger partial charge in [0, 0.05) is 17.0 Å². The second-order valence-corrected chi connectivity index (χ2v) is 10.3. The first-order chi connectivity index (χ1) is 14.6. The summed E-state index contributed by atoms with van der Waals surface area (Å²) in [5.41, 5.74) is 2.47. The van der Waals surface area contributed by atoms with Crippen LogP contribution >= 0.6 is 0 Å². The predicted octanol–water partition coefficient (Wildman–Crippen LogP) is 0.541. The molecule has 0 aliphatic carbocycles. The Bertz CT molecular complexity index is 701. The van der Waals surface area contributed by atoms with Gasteiger partial charge in [0.25, 0.3) is 11.8 Å². The van der Waals surface area contributed by atoms with Crippen LogP contribution < -0.4 is 15.5 Å². The van der Waals surface area contributed by atoms with E-state index in [4.69, 9.17) is 0 Å². The van der Waals surface area contributed by atoms with Gasteiger partial charge in [-0.1, -0.05) is 51.5 Å². The van der Waals surface area contributed by atoms with Crippen molar-refractivity contribution in [1.29, 1.82) is 0 Å². The van der Waals surface area contributed by atoms with Crippen LogP contribution in [0, 0.1) is 5.92 Å². The molecule has 4 N–H and O–H groups in total. The summed E-state index contributed by atoms with van der Waals surface area (Å²) in [5, 5.41) is 5.22. The third-order valence-electron chi connectivity index (χ3n) is 5.92. The molecule has 1 heterocycles. The van der Waals surface area contributed by atoms with Gasteiger partial charge < -0.3 is 20.4 Å². The largest absolute Gasteiger partial charge is 0.347 e. The van der Waals surface area contributed by atoms with Gasteiger partial charge in [0.1, 0.15) is 6.04 Å². The predicted molar refractivity (Wildman–Crippen MR) is 125 cm³/mol. The van der Waals surface area contributed by atoms with E-state index in [9.17, 15) is 9.59 Å². The van der Waals surface area contributed by atoms with Crippen molar-refractivity contribution in [2.75, 3.05) is 39.3 Å². The van der Waals surface area contributed by atoms with Gasteiger partial charge in [0.05, 0.1) is 26.2 Å². The van der Waals surface area contributed by atoms with E-state index in [1.807, 2.05) is 25.7 Å². The Labute approximate surface area is 188 Å². The summed E-state index contributed by atoms with van der Waals surface area (Å²) < 4.78 is 0. The monoisotopic (exact) mass is 432 g/mol. The summed E-state index contributed by atoms with van der Waals surface area (Å²) >= 11 is 0. The van der Waals surface area contributed by atoms with E-state index in [1.165, 1.54) is 16.0 Å². The summed E-state index contributed by atoms with van der Waals surface area (Å²) in [7, 11) is 0. The fourth-order valence-corrected chi connectivity index (χ4v) is 4.28. The molecule has 1 fully saturated rings. The fourth-order valence-electron chi connectivity index (χ4n) is 4.28. The quantitative estimate of drug-likeness (QED) is 0.533. The van der Waals surface area contributed by atoms with Gasteiger partial charge in [0.15, 0.2) is 13.1 Å². The molecule has 0 bridgehead atoms. The van der Waals surface area contributed by atoms with Crippen molar-refractivity contribution in [3.8, 4) is 0 Å². The highest BCUT2D eigenvalue weighted by Gasteiger charge is 2.28. The lowest BCUT2D eigenvalue weighted by molar-refractivity contribution is -0.896. The molecule has 0 unspecified atom stereocenters. The summed E-state index contributed by atoms with van der Waals surface area (Å²) in [4.78, 5) is 28.2. The minimum Gasteiger partial charge on any atom is -0.347 e. The number of rotatable bonds is 9. The molecule has 1 aromatic rings. The molecule has 1 saturated heterocycles. The van der Waals surface area contributed by atoms with Crippen LogP contribution in [0.2, 0.25) is 0 Å². The second kappa shape index (κ2) is 11.6. The van der Waals surface area contributed by atoms with E-state index in [-0.39, 0.29) is 23.4 Å². The van der Waals surface area contributed by atoms with Gasteiger partial charge in [-0.05, 0) is 32.8 Å². The van der Waals surface area contributed by atoms with Gasteiger partial charge in [-0.3, -0.25) is 9.59 Å². The third kappa shape index (κ3) is 8.62. The molecule has 31 heavy (non-hydrogen) atoms. The number of carbonyl (C=O) groups excluding carboxylic acids is 2. The first kappa shape index (κ1) is 25.3. The summed E-state index contributed by atoms with van der Waals surface area (Å²) in [6, 6.07) is 9.18. The van der Waals surface area contributed by atoms with Crippen molar-refractivity contribution in [3.05, 3.63) is 35.4 Å². The van der Waals surface area contributed by atoms with Crippen LogP contribution in [0.4, 0.5) is 0 Å². The highest BCUT2D eigenvalue weighted by molar-refractivity contribution is 5.78. The van der Waals surface area contributed by atoms with Gasteiger partial charge >= 0.3 is 0 Å². The van der Waals surface area contributed by atoms with Crippen molar-refractivity contribution in [2.24, 2.45) is 5.92 Å². The van der Waals surface area contributed by atoms with Gasteiger partial charge in [0.2, 0.25) is 0 Å². The summed E-state index contributed by atoms with van der Waals surface area (Å²) in [6.45, 7) is 16.7. The molecule has 174 valence electrons. The molecule has 2 amide bonds. The molecule has 0 spiro atoms. The van der Waals surface area contributed by atoms with Gasteiger partial charge in [-0.25, -0.2) is 0 Å². The maximum Gasteiger partial charge on any atom is 0.278 e. The van der Waals surface area contributed by atoms with E-state index < -0.39 is 0 Å². The molecule has 1 aliphatic rings. The van der Waals surface area contributed by atoms with Crippen LogP contribution in [0.5, 0.6) is 0 Å². The standard InChI is InChI=1S/C25H42N4O2/c1-7-8-20-9-11-21(12-10-20)24(19(2)3)26-17-23(31)29-15-13-28(14-16-29)18-22(30)27-25(4,5)6/h9-12,19,24,26H,7-8,13-18H2,1-6H3,(H,27,30)/p+2/t24-/m0/s1. The minimum absolute atomic E-state index is 0.0836. The normalized spacial score (nSPS) is 16.4. The van der Waals surface area contributed by atoms with Crippen molar-refractivity contribution in [1.82, 2.24) is 10.2 Å². The average Bonchev–Trinajstić information content (AvgIpc) is 2.68. The van der Waals surface area contributed by atoms with Crippen molar-refractivity contribution < 1.29 is 19.8 Å². The van der Waals surface area contributed by atoms with Crippen LogP contribution in [0.3, 0.4) is 0 Å². The highest BCUT2D eigenvalue weighted by Crippen LogP contribution is 2.18. The zero-order valence-electron chi connectivity index (χ0n) is 20.5. The lowest BCUT2D eigenvalue weighted by Crippen LogP contribution is -3.16. The van der Waals surface area contributed by atoms with Gasteiger partial charge in [-0.2, -0.15) is 0 Å². The molecule has 1 aliphatic heterocycles. The lowest BCUT2D eigenvalue weighted by atomic mass is 9.94. The molecule has 0 aromatic heterocycles. The number of quaternary nitrogens is 2.